The summed E-state index contributed by atoms with van der Waals surface area (Å²) in [6.07, 6.45) is 2.65. The summed E-state index contributed by atoms with van der Waals surface area (Å²) < 4.78 is 23.0. The molecule has 0 aliphatic carbocycles. The maximum Gasteiger partial charge on any atom is 0.279 e. The number of halogens is 1. The van der Waals surface area contributed by atoms with Crippen molar-refractivity contribution in [3.05, 3.63) is 45.3 Å². The molecule has 1 heterocycles. The number of sulfone groups is 1. The summed E-state index contributed by atoms with van der Waals surface area (Å²) in [4.78, 5) is 11.6. The van der Waals surface area contributed by atoms with E-state index in [9.17, 15) is 13.2 Å². The minimum Gasteiger partial charge on any atom is -0.267 e. The number of aromatic nitrogens is 2. The molecule has 0 amide bonds. The largest absolute Gasteiger partial charge is 0.279 e. The van der Waals surface area contributed by atoms with Crippen LogP contribution in [0, 0.1) is 0 Å². The SMILES string of the molecule is CS(=O)(=O)c1ccc(-c2cn[nH]c(=O)c2Br)cc1. The Hall–Kier alpha value is -1.47. The molecule has 94 valence electrons. The van der Waals surface area contributed by atoms with Gasteiger partial charge in [-0.15, -0.1) is 0 Å². The second kappa shape index (κ2) is 4.66. The Labute approximate surface area is 112 Å². The highest BCUT2D eigenvalue weighted by atomic mass is 79.9. The van der Waals surface area contributed by atoms with Crippen molar-refractivity contribution in [2.75, 3.05) is 6.26 Å². The van der Waals surface area contributed by atoms with Crippen molar-refractivity contribution in [3.63, 3.8) is 0 Å². The summed E-state index contributed by atoms with van der Waals surface area (Å²) in [5, 5.41) is 6.00. The number of rotatable bonds is 2. The average Bonchev–Trinajstić information content (AvgIpc) is 2.32. The third-order valence-corrected chi connectivity index (χ3v) is 4.30. The van der Waals surface area contributed by atoms with Gasteiger partial charge in [-0.2, -0.15) is 5.10 Å². The van der Waals surface area contributed by atoms with Crippen LogP contribution in [0.2, 0.25) is 0 Å². The van der Waals surface area contributed by atoms with Gasteiger partial charge in [-0.25, -0.2) is 13.5 Å². The first-order chi connectivity index (χ1) is 8.39. The Morgan fingerprint density at radius 3 is 2.39 bits per heavy atom. The molecule has 0 unspecified atom stereocenters. The first-order valence-corrected chi connectivity index (χ1v) is 7.62. The number of nitrogens with zero attached hydrogens (tertiary/aromatic N) is 1. The Morgan fingerprint density at radius 2 is 1.83 bits per heavy atom. The normalized spacial score (nSPS) is 11.4. The predicted molar refractivity (Wildman–Crippen MR) is 71.1 cm³/mol. The summed E-state index contributed by atoms with van der Waals surface area (Å²) in [7, 11) is -3.22. The van der Waals surface area contributed by atoms with Crippen LogP contribution in [0.25, 0.3) is 11.1 Å². The molecule has 1 N–H and O–H groups in total. The van der Waals surface area contributed by atoms with Gasteiger partial charge >= 0.3 is 0 Å². The van der Waals surface area contributed by atoms with Crippen LogP contribution in [0.4, 0.5) is 0 Å². The topological polar surface area (TPSA) is 79.9 Å². The van der Waals surface area contributed by atoms with E-state index in [4.69, 9.17) is 0 Å². The molecule has 5 nitrogen and oxygen atoms in total. The second-order valence-corrected chi connectivity index (χ2v) is 6.53. The van der Waals surface area contributed by atoms with Crippen molar-refractivity contribution in [1.82, 2.24) is 10.2 Å². The van der Waals surface area contributed by atoms with Gasteiger partial charge in [-0.3, -0.25) is 4.79 Å². The maximum atomic E-state index is 11.4. The van der Waals surface area contributed by atoms with E-state index in [1.54, 1.807) is 12.1 Å². The minimum atomic E-state index is -3.22. The van der Waals surface area contributed by atoms with Gasteiger partial charge in [0.2, 0.25) is 0 Å². The fraction of sp³-hybridized carbons (Fsp3) is 0.0909. The lowest BCUT2D eigenvalue weighted by atomic mass is 10.1. The molecule has 0 aliphatic heterocycles. The summed E-state index contributed by atoms with van der Waals surface area (Å²) >= 11 is 3.17. The van der Waals surface area contributed by atoms with E-state index in [-0.39, 0.29) is 10.5 Å². The maximum absolute atomic E-state index is 11.4. The predicted octanol–water partition coefficient (Wildman–Crippen LogP) is 1.60. The second-order valence-electron chi connectivity index (χ2n) is 3.72. The highest BCUT2D eigenvalue weighted by Gasteiger charge is 2.10. The Balaban J connectivity index is 2.54. The molecule has 2 aromatic rings. The van der Waals surface area contributed by atoms with Crippen LogP contribution in [0.3, 0.4) is 0 Å². The minimum absolute atomic E-state index is 0.236. The molecule has 1 aromatic carbocycles. The lowest BCUT2D eigenvalue weighted by molar-refractivity contribution is 0.602. The molecule has 0 fully saturated rings. The Bertz CT molecular complexity index is 736. The highest BCUT2D eigenvalue weighted by molar-refractivity contribution is 9.10. The standard InChI is InChI=1S/C11H9BrN2O3S/c1-18(16,17)8-4-2-7(3-5-8)9-6-13-14-11(15)10(9)12/h2-6H,1H3,(H,14,15). The van der Waals surface area contributed by atoms with Gasteiger partial charge in [-0.1, -0.05) is 12.1 Å². The van der Waals surface area contributed by atoms with Gasteiger partial charge in [0.15, 0.2) is 9.84 Å². The molecule has 0 saturated carbocycles. The van der Waals surface area contributed by atoms with Crippen molar-refractivity contribution in [2.45, 2.75) is 4.90 Å². The molecular formula is C11H9BrN2O3S. The molecule has 0 atom stereocenters. The van der Waals surface area contributed by atoms with Crippen molar-refractivity contribution >= 4 is 25.8 Å². The molecular weight excluding hydrogens is 320 g/mol. The summed E-state index contributed by atoms with van der Waals surface area (Å²) in [5.74, 6) is 0. The molecule has 0 radical (unpaired) electrons. The molecule has 2 rings (SSSR count). The van der Waals surface area contributed by atoms with Gasteiger partial charge in [0.1, 0.15) is 0 Å². The van der Waals surface area contributed by atoms with E-state index < -0.39 is 9.84 Å². The molecule has 0 spiro atoms. The zero-order valence-corrected chi connectivity index (χ0v) is 11.7. The fourth-order valence-electron chi connectivity index (χ4n) is 1.47. The van der Waals surface area contributed by atoms with Crippen molar-refractivity contribution < 1.29 is 8.42 Å². The Morgan fingerprint density at radius 1 is 1.22 bits per heavy atom. The van der Waals surface area contributed by atoms with Gasteiger partial charge in [0.05, 0.1) is 15.6 Å². The Kier molecular flexibility index (Phi) is 3.36. The van der Waals surface area contributed by atoms with Gasteiger partial charge in [-0.05, 0) is 33.6 Å². The summed E-state index contributed by atoms with van der Waals surface area (Å²) in [5.41, 5.74) is 0.992. The summed E-state index contributed by atoms with van der Waals surface area (Å²) in [6.45, 7) is 0. The zero-order chi connectivity index (χ0) is 13.3. The number of benzene rings is 1. The molecule has 18 heavy (non-hydrogen) atoms. The first kappa shape index (κ1) is 13.0. The van der Waals surface area contributed by atoms with Crippen LogP contribution in [0.1, 0.15) is 0 Å². The molecule has 0 aliphatic rings. The quantitative estimate of drug-likeness (QED) is 0.908. The van der Waals surface area contributed by atoms with Crippen LogP contribution >= 0.6 is 15.9 Å². The van der Waals surface area contributed by atoms with Gasteiger partial charge in [0, 0.05) is 11.8 Å². The number of hydrogen-bond donors (Lipinski definition) is 1. The van der Waals surface area contributed by atoms with Gasteiger partial charge in [0.25, 0.3) is 5.56 Å². The lowest BCUT2D eigenvalue weighted by Gasteiger charge is -2.04. The van der Waals surface area contributed by atoms with E-state index in [1.165, 1.54) is 18.3 Å². The van der Waals surface area contributed by atoms with E-state index >= 15 is 0 Å². The van der Waals surface area contributed by atoms with Crippen LogP contribution < -0.4 is 5.56 Å². The van der Waals surface area contributed by atoms with E-state index in [0.717, 1.165) is 6.26 Å². The van der Waals surface area contributed by atoms with E-state index in [2.05, 4.69) is 26.1 Å². The van der Waals surface area contributed by atoms with Crippen molar-refractivity contribution in [2.24, 2.45) is 0 Å². The zero-order valence-electron chi connectivity index (χ0n) is 9.34. The number of H-pyrrole nitrogens is 1. The first-order valence-electron chi connectivity index (χ1n) is 4.93. The smallest absolute Gasteiger partial charge is 0.267 e. The summed E-state index contributed by atoms with van der Waals surface area (Å²) in [6, 6.07) is 6.27. The average molecular weight is 329 g/mol. The van der Waals surface area contributed by atoms with Crippen LogP contribution in [0.5, 0.6) is 0 Å². The van der Waals surface area contributed by atoms with E-state index in [1.807, 2.05) is 0 Å². The van der Waals surface area contributed by atoms with Gasteiger partial charge < -0.3 is 0 Å². The highest BCUT2D eigenvalue weighted by Crippen LogP contribution is 2.25. The molecule has 0 bridgehead atoms. The van der Waals surface area contributed by atoms with Crippen LogP contribution in [-0.2, 0) is 9.84 Å². The monoisotopic (exact) mass is 328 g/mol. The third kappa shape index (κ3) is 2.51. The van der Waals surface area contributed by atoms with Crippen LogP contribution in [-0.4, -0.2) is 24.9 Å². The van der Waals surface area contributed by atoms with Crippen molar-refractivity contribution in [3.8, 4) is 11.1 Å². The molecule has 0 saturated heterocycles. The number of hydrogen-bond acceptors (Lipinski definition) is 4. The number of nitrogens with one attached hydrogen (secondary N) is 1. The third-order valence-electron chi connectivity index (χ3n) is 2.39. The lowest BCUT2D eigenvalue weighted by Crippen LogP contribution is -2.09. The molecule has 1 aromatic heterocycles. The number of aromatic amines is 1. The molecule has 7 heteroatoms. The van der Waals surface area contributed by atoms with E-state index in [0.29, 0.717) is 15.6 Å². The van der Waals surface area contributed by atoms with Crippen molar-refractivity contribution in [1.29, 1.82) is 0 Å². The fourth-order valence-corrected chi connectivity index (χ4v) is 2.52. The van der Waals surface area contributed by atoms with Crippen LogP contribution in [0.15, 0.2) is 44.6 Å².